The van der Waals surface area contributed by atoms with Gasteiger partial charge < -0.3 is 24.5 Å². The lowest BCUT2D eigenvalue weighted by atomic mass is 9.90. The fourth-order valence-electron chi connectivity index (χ4n) is 5.79. The first-order valence-corrected chi connectivity index (χ1v) is 13.0. The third-order valence-corrected chi connectivity index (χ3v) is 7.78. The maximum absolute atomic E-state index is 13.5. The number of anilines is 1. The van der Waals surface area contributed by atoms with Gasteiger partial charge in [0.2, 0.25) is 0 Å². The average Bonchev–Trinajstić information content (AvgIpc) is 3.23. The number of nitrogens with one attached hydrogen (secondary N) is 2. The number of fused-ring (bicyclic) bond motifs is 1. The molecule has 4 heterocycles. The molecule has 0 spiro atoms. The Morgan fingerprint density at radius 3 is 2.68 bits per heavy atom. The van der Waals surface area contributed by atoms with Crippen molar-refractivity contribution in [3.05, 3.63) is 81.8 Å². The predicted molar refractivity (Wildman–Crippen MR) is 148 cm³/mol. The molecule has 9 heteroatoms. The number of rotatable bonds is 7. The number of pyridine rings is 1. The number of hydrogen-bond acceptors (Lipinski definition) is 6. The van der Waals surface area contributed by atoms with Gasteiger partial charge >= 0.3 is 0 Å². The summed E-state index contributed by atoms with van der Waals surface area (Å²) in [6, 6.07) is 12.0. The molecule has 2 N–H and O–H groups in total. The molecule has 1 atom stereocenters. The van der Waals surface area contributed by atoms with Crippen LogP contribution in [0.4, 0.5) is 5.82 Å². The van der Waals surface area contributed by atoms with Gasteiger partial charge in [-0.1, -0.05) is 18.2 Å². The molecule has 0 radical (unpaired) electrons. The Labute approximate surface area is 221 Å². The van der Waals surface area contributed by atoms with Crippen molar-refractivity contribution in [3.8, 4) is 5.75 Å². The molecular formula is C29H34N6O3. The first-order valence-electron chi connectivity index (χ1n) is 13.0. The summed E-state index contributed by atoms with van der Waals surface area (Å²) in [6.45, 7) is 8.01. The topological polar surface area (TPSA) is 105 Å². The number of methoxy groups -OCH3 is 1. The van der Waals surface area contributed by atoms with Gasteiger partial charge in [-0.15, -0.1) is 0 Å². The fraction of sp³-hybridized carbons (Fsp3) is 0.379. The molecule has 5 rings (SSSR count). The number of ether oxygens (including phenoxy) is 1. The maximum atomic E-state index is 13.5. The van der Waals surface area contributed by atoms with Gasteiger partial charge in [0.15, 0.2) is 0 Å². The first kappa shape index (κ1) is 25.5. The highest BCUT2D eigenvalue weighted by Gasteiger charge is 2.29. The normalized spacial score (nSPS) is 15.0. The lowest BCUT2D eigenvalue weighted by Gasteiger charge is -2.36. The van der Waals surface area contributed by atoms with Crippen molar-refractivity contribution >= 4 is 22.6 Å². The monoisotopic (exact) mass is 514 g/mol. The molecular weight excluding hydrogens is 480 g/mol. The Hall–Kier alpha value is -4.14. The SMILES string of the molecule is COc1cc(C)[nH]c(=O)c1CNC(=O)c1c(C)n(C(C)C2CCN(c3ccncn3)CC2)c2ccccc12. The van der Waals surface area contributed by atoms with Crippen molar-refractivity contribution in [2.75, 3.05) is 25.1 Å². The third kappa shape index (κ3) is 4.76. The van der Waals surface area contributed by atoms with Crippen molar-refractivity contribution in [3.63, 3.8) is 0 Å². The van der Waals surface area contributed by atoms with Crippen LogP contribution in [0.1, 0.15) is 53.1 Å². The van der Waals surface area contributed by atoms with E-state index in [-0.39, 0.29) is 24.1 Å². The first-order chi connectivity index (χ1) is 18.4. The summed E-state index contributed by atoms with van der Waals surface area (Å²) in [4.78, 5) is 39.6. The molecule has 38 heavy (non-hydrogen) atoms. The van der Waals surface area contributed by atoms with E-state index in [9.17, 15) is 9.59 Å². The van der Waals surface area contributed by atoms with E-state index in [1.165, 1.54) is 7.11 Å². The molecule has 1 saturated heterocycles. The van der Waals surface area contributed by atoms with Crippen molar-refractivity contribution in [1.82, 2.24) is 24.8 Å². The lowest BCUT2D eigenvalue weighted by Crippen LogP contribution is -2.36. The zero-order valence-corrected chi connectivity index (χ0v) is 22.3. The van der Waals surface area contributed by atoms with Crippen LogP contribution in [0.5, 0.6) is 5.75 Å². The van der Waals surface area contributed by atoms with E-state index in [4.69, 9.17) is 4.74 Å². The Bertz CT molecular complexity index is 1500. The van der Waals surface area contributed by atoms with Crippen LogP contribution in [0, 0.1) is 19.8 Å². The Morgan fingerprint density at radius 1 is 1.21 bits per heavy atom. The van der Waals surface area contributed by atoms with E-state index in [1.54, 1.807) is 25.5 Å². The minimum absolute atomic E-state index is 0.0770. The van der Waals surface area contributed by atoms with E-state index in [2.05, 4.69) is 42.7 Å². The van der Waals surface area contributed by atoms with Gasteiger partial charge in [0.25, 0.3) is 11.5 Å². The molecule has 0 bridgehead atoms. The highest BCUT2D eigenvalue weighted by atomic mass is 16.5. The van der Waals surface area contributed by atoms with Crippen LogP contribution in [-0.2, 0) is 6.54 Å². The smallest absolute Gasteiger partial charge is 0.256 e. The molecule has 0 saturated carbocycles. The number of piperidine rings is 1. The van der Waals surface area contributed by atoms with Crippen LogP contribution in [0.25, 0.3) is 10.9 Å². The lowest BCUT2D eigenvalue weighted by molar-refractivity contribution is 0.0951. The Kier molecular flexibility index (Phi) is 7.18. The second kappa shape index (κ2) is 10.7. The van der Waals surface area contributed by atoms with Gasteiger partial charge in [-0.2, -0.15) is 0 Å². The van der Waals surface area contributed by atoms with Gasteiger partial charge in [0.1, 0.15) is 17.9 Å². The van der Waals surface area contributed by atoms with Crippen LogP contribution < -0.4 is 20.5 Å². The number of aryl methyl sites for hydroxylation is 1. The summed E-state index contributed by atoms with van der Waals surface area (Å²) in [5.74, 6) is 1.70. The molecule has 4 aromatic rings. The largest absolute Gasteiger partial charge is 0.496 e. The van der Waals surface area contributed by atoms with Crippen LogP contribution in [0.3, 0.4) is 0 Å². The van der Waals surface area contributed by atoms with Crippen LogP contribution in [0.15, 0.2) is 53.7 Å². The van der Waals surface area contributed by atoms with Gasteiger partial charge in [0, 0.05) is 47.6 Å². The van der Waals surface area contributed by atoms with Crippen molar-refractivity contribution in [2.45, 2.75) is 46.2 Å². The molecule has 1 aliphatic heterocycles. The van der Waals surface area contributed by atoms with Gasteiger partial charge in [-0.05, 0) is 57.7 Å². The molecule has 3 aromatic heterocycles. The van der Waals surface area contributed by atoms with E-state index in [1.807, 2.05) is 31.2 Å². The number of amides is 1. The summed E-state index contributed by atoms with van der Waals surface area (Å²) >= 11 is 0. The highest BCUT2D eigenvalue weighted by Crippen LogP contribution is 2.36. The molecule has 1 unspecified atom stereocenters. The van der Waals surface area contributed by atoms with Crippen molar-refractivity contribution in [2.24, 2.45) is 5.92 Å². The second-order valence-electron chi connectivity index (χ2n) is 9.99. The summed E-state index contributed by atoms with van der Waals surface area (Å²) in [6.07, 6.45) is 5.45. The van der Waals surface area contributed by atoms with Gasteiger partial charge in [-0.3, -0.25) is 9.59 Å². The number of para-hydroxylation sites is 1. The van der Waals surface area contributed by atoms with Crippen molar-refractivity contribution in [1.29, 1.82) is 0 Å². The van der Waals surface area contributed by atoms with E-state index in [0.29, 0.717) is 28.5 Å². The number of carbonyl (C=O) groups is 1. The van der Waals surface area contributed by atoms with E-state index in [0.717, 1.165) is 48.3 Å². The number of carbonyl (C=O) groups excluding carboxylic acids is 1. The number of H-pyrrole nitrogens is 1. The van der Waals surface area contributed by atoms with Crippen LogP contribution in [-0.4, -0.2) is 45.6 Å². The molecule has 1 aromatic carbocycles. The number of benzene rings is 1. The maximum Gasteiger partial charge on any atom is 0.256 e. The second-order valence-corrected chi connectivity index (χ2v) is 9.99. The summed E-state index contributed by atoms with van der Waals surface area (Å²) in [7, 11) is 1.52. The highest BCUT2D eigenvalue weighted by molar-refractivity contribution is 6.08. The third-order valence-electron chi connectivity index (χ3n) is 7.78. The van der Waals surface area contributed by atoms with Crippen molar-refractivity contribution < 1.29 is 9.53 Å². The summed E-state index contributed by atoms with van der Waals surface area (Å²) < 4.78 is 7.71. The Balaban J connectivity index is 1.39. The predicted octanol–water partition coefficient (Wildman–Crippen LogP) is 4.15. The molecule has 1 fully saturated rings. The zero-order chi connectivity index (χ0) is 26.8. The quantitative estimate of drug-likeness (QED) is 0.384. The van der Waals surface area contributed by atoms with Gasteiger partial charge in [0.05, 0.1) is 24.8 Å². The standard InChI is InChI=1S/C29H34N6O3/c1-18-15-25(38-4)23(28(36)33-18)16-31-29(37)27-20(3)35(24-8-6-5-7-22(24)27)19(2)21-10-13-34(14-11-21)26-9-12-30-17-32-26/h5-9,12,15,17,19,21H,10-11,13-14,16H2,1-4H3,(H,31,37)(H,33,36). The number of hydrogen-bond donors (Lipinski definition) is 2. The summed E-state index contributed by atoms with van der Waals surface area (Å²) in [5.41, 5.74) is 3.47. The number of aromatic nitrogens is 4. The average molecular weight is 515 g/mol. The minimum Gasteiger partial charge on any atom is -0.496 e. The molecule has 0 aliphatic carbocycles. The number of aromatic amines is 1. The molecule has 1 amide bonds. The summed E-state index contributed by atoms with van der Waals surface area (Å²) in [5, 5.41) is 3.88. The van der Waals surface area contributed by atoms with E-state index < -0.39 is 0 Å². The molecule has 9 nitrogen and oxygen atoms in total. The minimum atomic E-state index is -0.261. The van der Waals surface area contributed by atoms with Crippen LogP contribution >= 0.6 is 0 Å². The molecule has 198 valence electrons. The Morgan fingerprint density at radius 2 is 1.97 bits per heavy atom. The number of nitrogens with zero attached hydrogens (tertiary/aromatic N) is 4. The zero-order valence-electron chi connectivity index (χ0n) is 22.3. The fourth-order valence-corrected chi connectivity index (χ4v) is 5.79. The van der Waals surface area contributed by atoms with Crippen LogP contribution in [0.2, 0.25) is 0 Å². The van der Waals surface area contributed by atoms with Gasteiger partial charge in [-0.25, -0.2) is 9.97 Å². The molecule has 1 aliphatic rings. The van der Waals surface area contributed by atoms with E-state index >= 15 is 0 Å².